The lowest BCUT2D eigenvalue weighted by molar-refractivity contribution is 0.304. The normalized spacial score (nSPS) is 11.7. The van der Waals surface area contributed by atoms with Gasteiger partial charge in [0.1, 0.15) is 5.75 Å². The van der Waals surface area contributed by atoms with Crippen LogP contribution >= 0.6 is 0 Å². The monoisotopic (exact) mass is 293 g/mol. The number of ether oxygens (including phenoxy) is 1. The summed E-state index contributed by atoms with van der Waals surface area (Å²) in [4.78, 5) is 0. The predicted molar refractivity (Wildman–Crippen MR) is 90.1 cm³/mol. The minimum atomic E-state index is -0.0170. The lowest BCUT2D eigenvalue weighted by Crippen LogP contribution is -2.02. The molecule has 0 fully saturated rings. The zero-order valence-corrected chi connectivity index (χ0v) is 13.4. The molecule has 2 aromatic carbocycles. The number of aryl methyl sites for hydroxylation is 2. The molecule has 2 rings (SSSR count). The van der Waals surface area contributed by atoms with Crippen LogP contribution in [0.3, 0.4) is 0 Å². The van der Waals surface area contributed by atoms with Crippen molar-refractivity contribution in [2.24, 2.45) is 0 Å². The Labute approximate surface area is 133 Å². The minimum Gasteiger partial charge on any atom is -0.494 e. The molecule has 114 valence electrons. The van der Waals surface area contributed by atoms with Crippen LogP contribution in [0.2, 0.25) is 0 Å². The zero-order valence-electron chi connectivity index (χ0n) is 13.4. The van der Waals surface area contributed by atoms with Crippen LogP contribution in [0.4, 0.5) is 0 Å². The molecule has 22 heavy (non-hydrogen) atoms. The van der Waals surface area contributed by atoms with E-state index in [1.54, 1.807) is 0 Å². The fourth-order valence-corrected chi connectivity index (χ4v) is 2.58. The first kappa shape index (κ1) is 16.1. The van der Waals surface area contributed by atoms with Crippen molar-refractivity contribution in [1.29, 1.82) is 5.26 Å². The molecule has 0 aliphatic carbocycles. The molecule has 0 aliphatic heterocycles. The molecule has 2 heteroatoms. The summed E-state index contributed by atoms with van der Waals surface area (Å²) in [5.41, 5.74) is 3.59. The Kier molecular flexibility index (Phi) is 6.03. The van der Waals surface area contributed by atoms with Crippen molar-refractivity contribution >= 4 is 0 Å². The number of hydrogen-bond acceptors (Lipinski definition) is 2. The van der Waals surface area contributed by atoms with Gasteiger partial charge >= 0.3 is 0 Å². The maximum absolute atomic E-state index is 9.45. The first-order chi connectivity index (χ1) is 10.7. The fraction of sp³-hybridized carbons (Fsp3) is 0.350. The van der Waals surface area contributed by atoms with E-state index in [1.807, 2.05) is 30.3 Å². The SMILES string of the molecule is Cc1ccc(C)c(C(C#N)CCCCOc2ccccc2)c1. The number of unbranched alkanes of at least 4 members (excludes halogenated alkanes) is 1. The van der Waals surface area contributed by atoms with Crippen LogP contribution in [0, 0.1) is 25.2 Å². The van der Waals surface area contributed by atoms with Crippen molar-refractivity contribution in [2.75, 3.05) is 6.61 Å². The Balaban J connectivity index is 1.79. The summed E-state index contributed by atoms with van der Waals surface area (Å²) in [6.07, 6.45) is 2.86. The third-order valence-corrected chi connectivity index (χ3v) is 3.87. The Morgan fingerprint density at radius 1 is 1.05 bits per heavy atom. The maximum Gasteiger partial charge on any atom is 0.119 e. The van der Waals surface area contributed by atoms with Crippen LogP contribution in [-0.4, -0.2) is 6.61 Å². The predicted octanol–water partition coefficient (Wildman–Crippen LogP) is 5.16. The molecule has 0 aliphatic rings. The second-order valence-electron chi connectivity index (χ2n) is 5.70. The van der Waals surface area contributed by atoms with Crippen LogP contribution < -0.4 is 4.74 Å². The third-order valence-electron chi connectivity index (χ3n) is 3.87. The van der Waals surface area contributed by atoms with E-state index in [1.165, 1.54) is 16.7 Å². The highest BCUT2D eigenvalue weighted by Crippen LogP contribution is 2.25. The number of hydrogen-bond donors (Lipinski definition) is 0. The highest BCUT2D eigenvalue weighted by atomic mass is 16.5. The molecule has 0 saturated heterocycles. The molecule has 0 N–H and O–H groups in total. The Morgan fingerprint density at radius 3 is 2.55 bits per heavy atom. The molecule has 2 nitrogen and oxygen atoms in total. The molecule has 0 saturated carbocycles. The van der Waals surface area contributed by atoms with Gasteiger partial charge in [0.25, 0.3) is 0 Å². The molecule has 0 heterocycles. The second-order valence-corrected chi connectivity index (χ2v) is 5.70. The largest absolute Gasteiger partial charge is 0.494 e. The minimum absolute atomic E-state index is 0.0170. The van der Waals surface area contributed by atoms with Gasteiger partial charge in [-0.2, -0.15) is 5.26 Å². The number of rotatable bonds is 7. The third kappa shape index (κ3) is 4.63. The van der Waals surface area contributed by atoms with E-state index in [0.29, 0.717) is 6.61 Å². The van der Waals surface area contributed by atoms with Gasteiger partial charge in [0.15, 0.2) is 0 Å². The zero-order chi connectivity index (χ0) is 15.8. The van der Waals surface area contributed by atoms with Gasteiger partial charge in [0.2, 0.25) is 0 Å². The molecule has 0 aromatic heterocycles. The first-order valence-corrected chi connectivity index (χ1v) is 7.85. The lowest BCUT2D eigenvalue weighted by atomic mass is 9.90. The molecule has 0 amide bonds. The quantitative estimate of drug-likeness (QED) is 0.661. The number of nitriles is 1. The van der Waals surface area contributed by atoms with Crippen molar-refractivity contribution in [3.05, 3.63) is 65.2 Å². The van der Waals surface area contributed by atoms with Gasteiger partial charge in [0, 0.05) is 0 Å². The summed E-state index contributed by atoms with van der Waals surface area (Å²) in [5, 5.41) is 9.45. The highest BCUT2D eigenvalue weighted by Gasteiger charge is 2.13. The molecule has 0 radical (unpaired) electrons. The Bertz CT molecular complexity index is 628. The highest BCUT2D eigenvalue weighted by molar-refractivity contribution is 5.36. The van der Waals surface area contributed by atoms with Gasteiger partial charge in [0.05, 0.1) is 18.6 Å². The van der Waals surface area contributed by atoms with Gasteiger partial charge in [-0.1, -0.05) is 42.0 Å². The van der Waals surface area contributed by atoms with Crippen molar-refractivity contribution in [3.63, 3.8) is 0 Å². The summed E-state index contributed by atoms with van der Waals surface area (Å²) in [5.74, 6) is 0.894. The van der Waals surface area contributed by atoms with Crippen LogP contribution in [-0.2, 0) is 0 Å². The standard InChI is InChI=1S/C20H23NO/c1-16-11-12-17(2)20(14-16)18(15-21)8-6-7-13-22-19-9-4-3-5-10-19/h3-5,9-12,14,18H,6-8,13H2,1-2H3. The van der Waals surface area contributed by atoms with Crippen molar-refractivity contribution in [1.82, 2.24) is 0 Å². The Morgan fingerprint density at radius 2 is 1.82 bits per heavy atom. The summed E-state index contributed by atoms with van der Waals surface area (Å²) >= 11 is 0. The molecular weight excluding hydrogens is 270 g/mol. The first-order valence-electron chi connectivity index (χ1n) is 7.85. The molecular formula is C20H23NO. The fourth-order valence-electron chi connectivity index (χ4n) is 2.58. The molecule has 1 atom stereocenters. The van der Waals surface area contributed by atoms with Gasteiger partial charge in [-0.05, 0) is 56.4 Å². The lowest BCUT2D eigenvalue weighted by Gasteiger charge is -2.13. The summed E-state index contributed by atoms with van der Waals surface area (Å²) in [6, 6.07) is 18.7. The van der Waals surface area contributed by atoms with Crippen molar-refractivity contribution < 1.29 is 4.74 Å². The van der Waals surface area contributed by atoms with Crippen molar-refractivity contribution in [2.45, 2.75) is 39.0 Å². The summed E-state index contributed by atoms with van der Waals surface area (Å²) in [7, 11) is 0. The van der Waals surface area contributed by atoms with Crippen LogP contribution in [0.25, 0.3) is 0 Å². The second kappa shape index (κ2) is 8.24. The number of para-hydroxylation sites is 1. The van der Waals surface area contributed by atoms with Gasteiger partial charge in [-0.15, -0.1) is 0 Å². The molecule has 2 aromatic rings. The van der Waals surface area contributed by atoms with E-state index < -0.39 is 0 Å². The van der Waals surface area contributed by atoms with E-state index >= 15 is 0 Å². The molecule has 0 bridgehead atoms. The number of benzene rings is 2. The Hall–Kier alpha value is -2.27. The van der Waals surface area contributed by atoms with Gasteiger partial charge in [-0.25, -0.2) is 0 Å². The van der Waals surface area contributed by atoms with Crippen molar-refractivity contribution in [3.8, 4) is 11.8 Å². The van der Waals surface area contributed by atoms with Gasteiger partial charge in [-0.3, -0.25) is 0 Å². The van der Waals surface area contributed by atoms with E-state index in [0.717, 1.165) is 25.0 Å². The molecule has 0 spiro atoms. The van der Waals surface area contributed by atoms with E-state index in [4.69, 9.17) is 4.74 Å². The summed E-state index contributed by atoms with van der Waals surface area (Å²) < 4.78 is 5.69. The average molecular weight is 293 g/mol. The van der Waals surface area contributed by atoms with E-state index in [2.05, 4.69) is 38.1 Å². The molecule has 1 unspecified atom stereocenters. The topological polar surface area (TPSA) is 33.0 Å². The van der Waals surface area contributed by atoms with Crippen LogP contribution in [0.1, 0.15) is 41.9 Å². The summed E-state index contributed by atoms with van der Waals surface area (Å²) in [6.45, 7) is 4.86. The number of nitrogens with zero attached hydrogens (tertiary/aromatic N) is 1. The van der Waals surface area contributed by atoms with E-state index in [9.17, 15) is 5.26 Å². The van der Waals surface area contributed by atoms with Gasteiger partial charge < -0.3 is 4.74 Å². The smallest absolute Gasteiger partial charge is 0.119 e. The van der Waals surface area contributed by atoms with Crippen LogP contribution in [0.5, 0.6) is 5.75 Å². The average Bonchev–Trinajstić information content (AvgIpc) is 2.54. The van der Waals surface area contributed by atoms with Crippen LogP contribution in [0.15, 0.2) is 48.5 Å². The van der Waals surface area contributed by atoms with E-state index in [-0.39, 0.29) is 5.92 Å². The maximum atomic E-state index is 9.45.